The van der Waals surface area contributed by atoms with E-state index in [1.54, 1.807) is 19.1 Å². The van der Waals surface area contributed by atoms with Gasteiger partial charge in [-0.15, -0.1) is 10.2 Å². The van der Waals surface area contributed by atoms with Crippen molar-refractivity contribution in [3.63, 3.8) is 0 Å². The van der Waals surface area contributed by atoms with Crippen LogP contribution in [0.5, 0.6) is 0 Å². The number of amides is 2. The number of carbonyl (C=O) groups is 2. The van der Waals surface area contributed by atoms with Crippen LogP contribution in [0.2, 0.25) is 0 Å². The monoisotopic (exact) mass is 455 g/mol. The van der Waals surface area contributed by atoms with Gasteiger partial charge in [0.2, 0.25) is 5.91 Å². The van der Waals surface area contributed by atoms with Gasteiger partial charge >= 0.3 is 0 Å². The molecule has 1 atom stereocenters. The van der Waals surface area contributed by atoms with E-state index < -0.39 is 5.82 Å². The van der Waals surface area contributed by atoms with Crippen molar-refractivity contribution >= 4 is 29.3 Å². The van der Waals surface area contributed by atoms with Crippen LogP contribution >= 0.6 is 11.8 Å². The normalized spacial score (nSPS) is 11.8. The number of nitrogens with zero attached hydrogens (tertiary/aromatic N) is 3. The fraction of sp³-hybridized carbons (Fsp3) is 0.304. The van der Waals surface area contributed by atoms with E-state index >= 15 is 0 Å². The van der Waals surface area contributed by atoms with E-state index in [2.05, 4.69) is 20.8 Å². The predicted molar refractivity (Wildman–Crippen MR) is 123 cm³/mol. The number of rotatable bonds is 8. The zero-order chi connectivity index (χ0) is 23.3. The maximum absolute atomic E-state index is 13.4. The van der Waals surface area contributed by atoms with Crippen molar-refractivity contribution in [2.24, 2.45) is 0 Å². The van der Waals surface area contributed by atoms with Gasteiger partial charge in [0.05, 0.1) is 11.8 Å². The van der Waals surface area contributed by atoms with Crippen molar-refractivity contribution in [3.8, 4) is 0 Å². The number of hydrogen-bond donors (Lipinski definition) is 2. The molecule has 0 bridgehead atoms. The first-order valence-corrected chi connectivity index (χ1v) is 11.3. The molecule has 0 radical (unpaired) electrons. The molecule has 0 aliphatic rings. The summed E-state index contributed by atoms with van der Waals surface area (Å²) in [7, 11) is 0. The highest BCUT2D eigenvalue weighted by molar-refractivity contribution is 7.99. The molecule has 0 fully saturated rings. The highest BCUT2D eigenvalue weighted by atomic mass is 32.2. The van der Waals surface area contributed by atoms with Crippen LogP contribution in [0, 0.1) is 19.7 Å². The Morgan fingerprint density at radius 2 is 1.94 bits per heavy atom. The first-order chi connectivity index (χ1) is 15.3. The van der Waals surface area contributed by atoms with Crippen LogP contribution in [0.1, 0.15) is 47.2 Å². The third-order valence-electron chi connectivity index (χ3n) is 4.88. The van der Waals surface area contributed by atoms with E-state index in [9.17, 15) is 14.0 Å². The molecule has 1 aromatic heterocycles. The van der Waals surface area contributed by atoms with Crippen molar-refractivity contribution in [1.29, 1.82) is 0 Å². The number of thioether (sulfide) groups is 1. The van der Waals surface area contributed by atoms with E-state index in [0.29, 0.717) is 28.8 Å². The van der Waals surface area contributed by atoms with Crippen LogP contribution in [0.15, 0.2) is 47.6 Å². The first kappa shape index (κ1) is 23.5. The lowest BCUT2D eigenvalue weighted by molar-refractivity contribution is -0.113. The number of carbonyl (C=O) groups excluding carboxylic acids is 2. The largest absolute Gasteiger partial charge is 0.342 e. The Labute approximate surface area is 190 Å². The summed E-state index contributed by atoms with van der Waals surface area (Å²) in [6.45, 7) is 8.11. The molecular weight excluding hydrogens is 429 g/mol. The molecule has 0 spiro atoms. The van der Waals surface area contributed by atoms with Crippen molar-refractivity contribution in [2.45, 2.75) is 45.4 Å². The topological polar surface area (TPSA) is 88.9 Å². The lowest BCUT2D eigenvalue weighted by atomic mass is 10.1. The molecular formula is C23H26FN5O2S. The highest BCUT2D eigenvalue weighted by Gasteiger charge is 2.20. The van der Waals surface area contributed by atoms with Crippen molar-refractivity contribution in [2.75, 3.05) is 11.1 Å². The quantitative estimate of drug-likeness (QED) is 0.495. The fourth-order valence-corrected chi connectivity index (χ4v) is 4.01. The number of halogens is 1. The molecule has 3 rings (SSSR count). The van der Waals surface area contributed by atoms with Gasteiger partial charge in [0.25, 0.3) is 5.91 Å². The number of anilines is 1. The van der Waals surface area contributed by atoms with Crippen molar-refractivity contribution < 1.29 is 14.0 Å². The van der Waals surface area contributed by atoms with Crippen molar-refractivity contribution in [3.05, 3.63) is 70.8 Å². The van der Waals surface area contributed by atoms with Gasteiger partial charge in [-0.1, -0.05) is 35.5 Å². The van der Waals surface area contributed by atoms with E-state index in [0.717, 1.165) is 11.1 Å². The Balaban J connectivity index is 1.64. The van der Waals surface area contributed by atoms with Gasteiger partial charge in [-0.25, -0.2) is 4.39 Å². The SMILES string of the molecule is CCn1c(SCC(=O)Nc2cc(F)ccc2C)nnc1[C@H](C)NC(=O)c1cccc(C)c1. The Bertz CT molecular complexity index is 1130. The molecule has 0 saturated carbocycles. The minimum Gasteiger partial charge on any atom is -0.342 e. The summed E-state index contributed by atoms with van der Waals surface area (Å²) in [5.74, 6) is -0.159. The summed E-state index contributed by atoms with van der Waals surface area (Å²) in [5.41, 5.74) is 2.81. The molecule has 2 amide bonds. The number of hydrogen-bond acceptors (Lipinski definition) is 5. The highest BCUT2D eigenvalue weighted by Crippen LogP contribution is 2.22. The summed E-state index contributed by atoms with van der Waals surface area (Å²) in [5, 5.41) is 14.7. The second kappa shape index (κ2) is 10.4. The zero-order valence-corrected chi connectivity index (χ0v) is 19.3. The summed E-state index contributed by atoms with van der Waals surface area (Å²) < 4.78 is 15.3. The lowest BCUT2D eigenvalue weighted by Crippen LogP contribution is -2.28. The molecule has 2 aromatic carbocycles. The first-order valence-electron chi connectivity index (χ1n) is 10.3. The van der Waals surface area contributed by atoms with Crippen molar-refractivity contribution in [1.82, 2.24) is 20.1 Å². The average molecular weight is 456 g/mol. The maximum atomic E-state index is 13.4. The Morgan fingerprint density at radius 1 is 1.16 bits per heavy atom. The van der Waals surface area contributed by atoms with Crippen LogP contribution in [0.4, 0.5) is 10.1 Å². The maximum Gasteiger partial charge on any atom is 0.251 e. The molecule has 3 aromatic rings. The smallest absolute Gasteiger partial charge is 0.251 e. The Hall–Kier alpha value is -3.20. The van der Waals surface area contributed by atoms with Gasteiger partial charge in [-0.05, 0) is 57.5 Å². The molecule has 0 unspecified atom stereocenters. The minimum absolute atomic E-state index is 0.0954. The molecule has 32 heavy (non-hydrogen) atoms. The van der Waals surface area contributed by atoms with Crippen LogP contribution in [-0.2, 0) is 11.3 Å². The molecule has 2 N–H and O–H groups in total. The number of benzene rings is 2. The molecule has 1 heterocycles. The second-order valence-corrected chi connectivity index (χ2v) is 8.39. The van der Waals surface area contributed by atoms with E-state index in [1.165, 1.54) is 23.9 Å². The van der Waals surface area contributed by atoms with Gasteiger partial charge in [-0.2, -0.15) is 0 Å². The van der Waals surface area contributed by atoms with E-state index in [-0.39, 0.29) is 23.6 Å². The number of aromatic nitrogens is 3. The molecule has 0 aliphatic heterocycles. The molecule has 0 saturated heterocycles. The molecule has 0 aliphatic carbocycles. The van der Waals surface area contributed by atoms with E-state index in [1.807, 2.05) is 43.5 Å². The summed E-state index contributed by atoms with van der Waals surface area (Å²) in [6, 6.07) is 11.3. The number of nitrogens with one attached hydrogen (secondary N) is 2. The molecule has 168 valence electrons. The summed E-state index contributed by atoms with van der Waals surface area (Å²) >= 11 is 1.24. The molecule has 9 heteroatoms. The predicted octanol–water partition coefficient (Wildman–Crippen LogP) is 4.28. The van der Waals surface area contributed by atoms with Crippen LogP contribution in [0.3, 0.4) is 0 Å². The standard InChI is InChI=1S/C23H26FN5O2S/c1-5-29-21(16(4)25-22(31)17-8-6-7-14(2)11-17)27-28-23(29)32-13-20(30)26-19-12-18(24)10-9-15(19)3/h6-12,16H,5,13H2,1-4H3,(H,25,31)(H,26,30)/t16-/m0/s1. The minimum atomic E-state index is -0.407. The van der Waals surface area contributed by atoms with Gasteiger partial charge in [0.15, 0.2) is 11.0 Å². The van der Waals surface area contributed by atoms with Gasteiger partial charge in [0.1, 0.15) is 5.82 Å². The second-order valence-electron chi connectivity index (χ2n) is 7.45. The fourth-order valence-electron chi connectivity index (χ4n) is 3.20. The Kier molecular flexibility index (Phi) is 7.63. The van der Waals surface area contributed by atoms with Crippen LogP contribution in [-0.4, -0.2) is 32.3 Å². The lowest BCUT2D eigenvalue weighted by Gasteiger charge is -2.15. The number of aryl methyl sites for hydroxylation is 2. The van der Waals surface area contributed by atoms with Gasteiger partial charge < -0.3 is 15.2 Å². The third kappa shape index (κ3) is 5.73. The molecule has 7 nitrogen and oxygen atoms in total. The zero-order valence-electron chi connectivity index (χ0n) is 18.5. The average Bonchev–Trinajstić information content (AvgIpc) is 3.18. The summed E-state index contributed by atoms with van der Waals surface area (Å²) in [4.78, 5) is 24.9. The van der Waals surface area contributed by atoms with Gasteiger partial charge in [-0.3, -0.25) is 9.59 Å². The third-order valence-corrected chi connectivity index (χ3v) is 5.85. The Morgan fingerprint density at radius 3 is 2.66 bits per heavy atom. The van der Waals surface area contributed by atoms with Crippen LogP contribution in [0.25, 0.3) is 0 Å². The van der Waals surface area contributed by atoms with Crippen LogP contribution < -0.4 is 10.6 Å². The van der Waals surface area contributed by atoms with Gasteiger partial charge in [0, 0.05) is 17.8 Å². The van der Waals surface area contributed by atoms with E-state index in [4.69, 9.17) is 0 Å². The summed E-state index contributed by atoms with van der Waals surface area (Å²) in [6.07, 6.45) is 0.